The minimum atomic E-state index is -4.57. The number of non-ortho nitro benzene ring substituents is 1. The fourth-order valence-corrected chi connectivity index (χ4v) is 2.21. The number of ether oxygens (including phenoxy) is 1. The Balaban J connectivity index is 2.04. The van der Waals surface area contributed by atoms with E-state index in [4.69, 9.17) is 4.74 Å². The van der Waals surface area contributed by atoms with Gasteiger partial charge in [-0.15, -0.1) is 0 Å². The van der Waals surface area contributed by atoms with Crippen molar-refractivity contribution >= 4 is 28.9 Å². The lowest BCUT2D eigenvalue weighted by Crippen LogP contribution is -2.21. The van der Waals surface area contributed by atoms with E-state index in [0.717, 1.165) is 24.3 Å². The summed E-state index contributed by atoms with van der Waals surface area (Å²) in [6.45, 7) is -0.791. The van der Waals surface area contributed by atoms with Gasteiger partial charge in [0.1, 0.15) is 0 Å². The highest BCUT2D eigenvalue weighted by atomic mass is 19.4. The zero-order chi connectivity index (χ0) is 20.9. The molecule has 0 heterocycles. The van der Waals surface area contributed by atoms with Crippen LogP contribution in [0.15, 0.2) is 42.5 Å². The van der Waals surface area contributed by atoms with Crippen LogP contribution in [0.1, 0.15) is 15.9 Å². The summed E-state index contributed by atoms with van der Waals surface area (Å²) in [5.74, 6) is -1.88. The van der Waals surface area contributed by atoms with Crippen LogP contribution in [0.5, 0.6) is 0 Å². The van der Waals surface area contributed by atoms with Gasteiger partial charge in [0.05, 0.1) is 16.1 Å². The zero-order valence-corrected chi connectivity index (χ0v) is 14.4. The van der Waals surface area contributed by atoms with E-state index < -0.39 is 35.1 Å². The molecule has 0 aromatic heterocycles. The van der Waals surface area contributed by atoms with Crippen LogP contribution in [-0.4, -0.2) is 30.5 Å². The lowest BCUT2D eigenvalue weighted by atomic mass is 10.1. The van der Waals surface area contributed by atoms with Crippen molar-refractivity contribution in [2.24, 2.45) is 0 Å². The molecule has 0 atom stereocenters. The lowest BCUT2D eigenvalue weighted by molar-refractivity contribution is -0.384. The number of amides is 1. The van der Waals surface area contributed by atoms with Gasteiger partial charge in [-0.05, 0) is 24.3 Å². The molecule has 0 saturated heterocycles. The van der Waals surface area contributed by atoms with E-state index in [1.54, 1.807) is 0 Å². The Kier molecular flexibility index (Phi) is 6.18. The Morgan fingerprint density at radius 2 is 1.89 bits per heavy atom. The molecule has 0 aliphatic carbocycles. The monoisotopic (exact) mass is 397 g/mol. The molecule has 0 saturated carbocycles. The van der Waals surface area contributed by atoms with E-state index in [0.29, 0.717) is 0 Å². The van der Waals surface area contributed by atoms with Crippen molar-refractivity contribution < 1.29 is 32.4 Å². The second kappa shape index (κ2) is 8.37. The molecular weight excluding hydrogens is 383 g/mol. The molecule has 28 heavy (non-hydrogen) atoms. The summed E-state index contributed by atoms with van der Waals surface area (Å²) in [7, 11) is 1.48. The molecular formula is C17H14F3N3O5. The molecule has 0 radical (unpaired) electrons. The first kappa shape index (κ1) is 20.7. The molecule has 0 unspecified atom stereocenters. The normalized spacial score (nSPS) is 10.9. The van der Waals surface area contributed by atoms with Crippen molar-refractivity contribution in [3.05, 3.63) is 63.7 Å². The van der Waals surface area contributed by atoms with Gasteiger partial charge < -0.3 is 15.4 Å². The van der Waals surface area contributed by atoms with E-state index in [1.165, 1.54) is 25.2 Å². The van der Waals surface area contributed by atoms with Crippen LogP contribution >= 0.6 is 0 Å². The maximum atomic E-state index is 12.7. The molecule has 1 amide bonds. The van der Waals surface area contributed by atoms with Crippen LogP contribution in [0.2, 0.25) is 0 Å². The summed E-state index contributed by atoms with van der Waals surface area (Å²) < 4.78 is 42.8. The highest BCUT2D eigenvalue weighted by Crippen LogP contribution is 2.30. The minimum Gasteiger partial charge on any atom is -0.452 e. The van der Waals surface area contributed by atoms with E-state index >= 15 is 0 Å². The van der Waals surface area contributed by atoms with Crippen molar-refractivity contribution in [1.82, 2.24) is 0 Å². The summed E-state index contributed by atoms with van der Waals surface area (Å²) in [5.41, 5.74) is -1.34. The number of carbonyl (C=O) groups is 2. The standard InChI is InChI=1S/C17H14F3N3O5/c1-21-14-6-5-12(23(26)27)8-13(14)16(25)28-9-15(24)22-11-4-2-3-10(7-11)17(18,19)20/h2-8,21H,9H2,1H3,(H,22,24). The van der Waals surface area contributed by atoms with Crippen molar-refractivity contribution in [1.29, 1.82) is 0 Å². The van der Waals surface area contributed by atoms with Gasteiger partial charge in [0.2, 0.25) is 0 Å². The molecule has 0 fully saturated rings. The third kappa shape index (κ3) is 5.19. The van der Waals surface area contributed by atoms with Crippen molar-refractivity contribution in [2.75, 3.05) is 24.3 Å². The average molecular weight is 397 g/mol. The lowest BCUT2D eigenvalue weighted by Gasteiger charge is -2.11. The Bertz CT molecular complexity index is 915. The summed E-state index contributed by atoms with van der Waals surface area (Å²) in [6, 6.07) is 7.41. The number of nitro benzene ring substituents is 1. The molecule has 2 N–H and O–H groups in total. The van der Waals surface area contributed by atoms with Crippen molar-refractivity contribution in [2.45, 2.75) is 6.18 Å². The molecule has 2 aromatic carbocycles. The molecule has 11 heteroatoms. The fraction of sp³-hybridized carbons (Fsp3) is 0.176. The Morgan fingerprint density at radius 1 is 1.18 bits per heavy atom. The van der Waals surface area contributed by atoms with Crippen LogP contribution in [0.3, 0.4) is 0 Å². The van der Waals surface area contributed by atoms with Crippen LogP contribution in [-0.2, 0) is 15.7 Å². The van der Waals surface area contributed by atoms with Crippen molar-refractivity contribution in [3.63, 3.8) is 0 Å². The Hall–Kier alpha value is -3.63. The first-order chi connectivity index (χ1) is 13.1. The van der Waals surface area contributed by atoms with Crippen LogP contribution < -0.4 is 10.6 Å². The maximum Gasteiger partial charge on any atom is 0.416 e. The number of hydrogen-bond donors (Lipinski definition) is 2. The summed E-state index contributed by atoms with van der Waals surface area (Å²) in [5, 5.41) is 15.7. The second-order valence-electron chi connectivity index (χ2n) is 5.44. The third-order valence-corrected chi connectivity index (χ3v) is 3.51. The summed E-state index contributed by atoms with van der Waals surface area (Å²) in [4.78, 5) is 34.1. The largest absolute Gasteiger partial charge is 0.452 e. The smallest absolute Gasteiger partial charge is 0.416 e. The van der Waals surface area contributed by atoms with Crippen molar-refractivity contribution in [3.8, 4) is 0 Å². The fourth-order valence-electron chi connectivity index (χ4n) is 2.21. The maximum absolute atomic E-state index is 12.7. The Morgan fingerprint density at radius 3 is 2.50 bits per heavy atom. The van der Waals surface area contributed by atoms with Gasteiger partial charge in [-0.25, -0.2) is 4.79 Å². The predicted octanol–water partition coefficient (Wildman–Crippen LogP) is 3.45. The SMILES string of the molecule is CNc1ccc([N+](=O)[O-])cc1C(=O)OCC(=O)Nc1cccc(C(F)(F)F)c1. The van der Waals surface area contributed by atoms with Gasteiger partial charge in [-0.3, -0.25) is 14.9 Å². The van der Waals surface area contributed by atoms with Gasteiger partial charge in [0.25, 0.3) is 11.6 Å². The number of anilines is 2. The average Bonchev–Trinajstić information content (AvgIpc) is 2.65. The number of carbonyl (C=O) groups excluding carboxylic acids is 2. The highest BCUT2D eigenvalue weighted by Gasteiger charge is 2.30. The summed E-state index contributed by atoms with van der Waals surface area (Å²) in [6.07, 6.45) is -4.57. The molecule has 2 rings (SSSR count). The molecule has 0 spiro atoms. The van der Waals surface area contributed by atoms with E-state index in [9.17, 15) is 32.9 Å². The van der Waals surface area contributed by atoms with E-state index in [-0.39, 0.29) is 22.6 Å². The molecule has 148 valence electrons. The van der Waals surface area contributed by atoms with Gasteiger partial charge in [-0.2, -0.15) is 13.2 Å². The number of esters is 1. The van der Waals surface area contributed by atoms with Crippen LogP contribution in [0.4, 0.5) is 30.2 Å². The molecule has 8 nitrogen and oxygen atoms in total. The number of nitro groups is 1. The number of nitrogens with zero attached hydrogens (tertiary/aromatic N) is 1. The highest BCUT2D eigenvalue weighted by molar-refractivity contribution is 5.99. The number of rotatable bonds is 6. The Labute approximate surface area is 156 Å². The van der Waals surface area contributed by atoms with Gasteiger partial charge in [-0.1, -0.05) is 6.07 Å². The van der Waals surface area contributed by atoms with Crippen LogP contribution in [0.25, 0.3) is 0 Å². The first-order valence-corrected chi connectivity index (χ1v) is 7.72. The van der Waals surface area contributed by atoms with Gasteiger partial charge >= 0.3 is 12.1 Å². The molecule has 2 aromatic rings. The molecule has 0 bridgehead atoms. The number of hydrogen-bond acceptors (Lipinski definition) is 6. The summed E-state index contributed by atoms with van der Waals surface area (Å²) >= 11 is 0. The van der Waals surface area contributed by atoms with Crippen LogP contribution in [0, 0.1) is 10.1 Å². The number of benzene rings is 2. The number of alkyl halides is 3. The third-order valence-electron chi connectivity index (χ3n) is 3.51. The quantitative estimate of drug-likeness (QED) is 0.439. The zero-order valence-electron chi connectivity index (χ0n) is 14.4. The topological polar surface area (TPSA) is 111 Å². The van der Waals surface area contributed by atoms with Gasteiger partial charge in [0.15, 0.2) is 6.61 Å². The second-order valence-corrected chi connectivity index (χ2v) is 5.44. The first-order valence-electron chi connectivity index (χ1n) is 7.72. The van der Waals surface area contributed by atoms with Gasteiger partial charge in [0, 0.05) is 30.6 Å². The number of nitrogens with one attached hydrogen (secondary N) is 2. The predicted molar refractivity (Wildman–Crippen MR) is 93.0 cm³/mol. The molecule has 0 aliphatic rings. The van der Waals surface area contributed by atoms with E-state index in [2.05, 4.69) is 10.6 Å². The number of halogens is 3. The molecule has 0 aliphatic heterocycles. The van der Waals surface area contributed by atoms with E-state index in [1.807, 2.05) is 0 Å². The minimum absolute atomic E-state index is 0.123.